The number of methoxy groups -OCH3 is 1. The zero-order valence-corrected chi connectivity index (χ0v) is 20.9. The van der Waals surface area contributed by atoms with Crippen molar-refractivity contribution in [3.8, 4) is 23.0 Å². The number of benzene rings is 2. The minimum atomic E-state index is -4.01. The fourth-order valence-electron chi connectivity index (χ4n) is 3.83. The SMILES string of the molecule is COc1ccc(Cl)c(S(=O)(=O)Nc2ccc(-c3nc(OC4CCNCC4(F)F)c4cn[nH]c4n3)cc2)c1. The first-order valence-corrected chi connectivity index (χ1v) is 13.0. The number of nitrogens with zero attached hydrogens (tertiary/aromatic N) is 3. The van der Waals surface area contributed by atoms with Gasteiger partial charge in [-0.15, -0.1) is 0 Å². The van der Waals surface area contributed by atoms with Crippen LogP contribution in [0.15, 0.2) is 53.6 Å². The molecular formula is C23H21ClF2N6O4S. The predicted molar refractivity (Wildman–Crippen MR) is 133 cm³/mol. The number of hydrogen-bond donors (Lipinski definition) is 3. The van der Waals surface area contributed by atoms with Gasteiger partial charge in [-0.3, -0.25) is 9.82 Å². The molecule has 0 saturated carbocycles. The maximum absolute atomic E-state index is 14.3. The summed E-state index contributed by atoms with van der Waals surface area (Å²) in [5.74, 6) is -2.55. The number of nitrogens with one attached hydrogen (secondary N) is 3. The molecule has 1 aliphatic heterocycles. The number of rotatable bonds is 7. The molecule has 0 amide bonds. The third-order valence-electron chi connectivity index (χ3n) is 5.77. The molecule has 5 rings (SSSR count). The summed E-state index contributed by atoms with van der Waals surface area (Å²) >= 11 is 6.09. The molecule has 14 heteroatoms. The Morgan fingerprint density at radius 3 is 2.68 bits per heavy atom. The van der Waals surface area contributed by atoms with Gasteiger partial charge < -0.3 is 14.8 Å². The topological polar surface area (TPSA) is 131 Å². The highest BCUT2D eigenvalue weighted by atomic mass is 35.5. The van der Waals surface area contributed by atoms with Crippen molar-refractivity contribution in [3.63, 3.8) is 0 Å². The first kappa shape index (κ1) is 25.1. The molecule has 0 radical (unpaired) electrons. The summed E-state index contributed by atoms with van der Waals surface area (Å²) in [7, 11) is -2.59. The molecule has 0 bridgehead atoms. The molecule has 1 atom stereocenters. The van der Waals surface area contributed by atoms with Crippen LogP contribution in [0.2, 0.25) is 5.02 Å². The molecule has 2 aromatic heterocycles. The van der Waals surface area contributed by atoms with E-state index in [1.807, 2.05) is 0 Å². The summed E-state index contributed by atoms with van der Waals surface area (Å²) in [6.07, 6.45) is 0.169. The van der Waals surface area contributed by atoms with Crippen molar-refractivity contribution in [2.24, 2.45) is 0 Å². The van der Waals surface area contributed by atoms with E-state index in [0.29, 0.717) is 28.9 Å². The number of fused-ring (bicyclic) bond motifs is 1. The van der Waals surface area contributed by atoms with Crippen molar-refractivity contribution in [2.45, 2.75) is 23.3 Å². The Morgan fingerprint density at radius 2 is 1.95 bits per heavy atom. The first-order valence-electron chi connectivity index (χ1n) is 11.1. The lowest BCUT2D eigenvalue weighted by atomic mass is 10.1. The smallest absolute Gasteiger partial charge is 0.296 e. The lowest BCUT2D eigenvalue weighted by Crippen LogP contribution is -2.52. The van der Waals surface area contributed by atoms with Gasteiger partial charge >= 0.3 is 0 Å². The summed E-state index contributed by atoms with van der Waals surface area (Å²) in [6, 6.07) is 10.5. The van der Waals surface area contributed by atoms with E-state index in [0.717, 1.165) is 0 Å². The highest BCUT2D eigenvalue weighted by Gasteiger charge is 2.44. The van der Waals surface area contributed by atoms with E-state index in [4.69, 9.17) is 21.1 Å². The summed E-state index contributed by atoms with van der Waals surface area (Å²) in [5, 5.41) is 9.70. The largest absolute Gasteiger partial charge is 0.497 e. The normalized spacial score (nSPS) is 17.5. The Kier molecular flexibility index (Phi) is 6.60. The molecule has 3 N–H and O–H groups in total. The number of aromatic nitrogens is 4. The molecule has 3 heterocycles. The molecule has 1 unspecified atom stereocenters. The number of ether oxygens (including phenoxy) is 2. The Hall–Kier alpha value is -3.55. The zero-order chi connectivity index (χ0) is 26.2. The van der Waals surface area contributed by atoms with E-state index < -0.39 is 28.6 Å². The van der Waals surface area contributed by atoms with Gasteiger partial charge in [-0.2, -0.15) is 10.1 Å². The highest BCUT2D eigenvalue weighted by Crippen LogP contribution is 2.32. The van der Waals surface area contributed by atoms with Gasteiger partial charge in [0.25, 0.3) is 15.9 Å². The van der Waals surface area contributed by atoms with Crippen LogP contribution in [0.3, 0.4) is 0 Å². The average molecular weight is 551 g/mol. The highest BCUT2D eigenvalue weighted by molar-refractivity contribution is 7.92. The Morgan fingerprint density at radius 1 is 1.16 bits per heavy atom. The Bertz CT molecular complexity index is 1550. The summed E-state index contributed by atoms with van der Waals surface area (Å²) in [6.45, 7) is -0.0897. The molecule has 4 aromatic rings. The van der Waals surface area contributed by atoms with Gasteiger partial charge in [0.15, 0.2) is 17.6 Å². The molecule has 0 aliphatic carbocycles. The van der Waals surface area contributed by atoms with Crippen LogP contribution in [-0.4, -0.2) is 60.8 Å². The molecule has 1 fully saturated rings. The van der Waals surface area contributed by atoms with Crippen LogP contribution in [0.1, 0.15) is 6.42 Å². The van der Waals surface area contributed by atoms with E-state index in [1.165, 1.54) is 37.6 Å². The number of sulfonamides is 1. The van der Waals surface area contributed by atoms with Crippen LogP contribution in [0.25, 0.3) is 22.4 Å². The van der Waals surface area contributed by atoms with Crippen LogP contribution in [0.5, 0.6) is 11.6 Å². The van der Waals surface area contributed by atoms with Crippen molar-refractivity contribution < 1.29 is 26.7 Å². The van der Waals surface area contributed by atoms with E-state index in [1.54, 1.807) is 18.2 Å². The summed E-state index contributed by atoms with van der Waals surface area (Å²) in [4.78, 5) is 8.63. The molecule has 194 valence electrons. The van der Waals surface area contributed by atoms with E-state index in [2.05, 4.69) is 30.2 Å². The third-order valence-corrected chi connectivity index (χ3v) is 7.63. The lowest BCUT2D eigenvalue weighted by Gasteiger charge is -2.31. The number of piperidine rings is 1. The molecule has 0 spiro atoms. The zero-order valence-electron chi connectivity index (χ0n) is 19.3. The second-order valence-electron chi connectivity index (χ2n) is 8.30. The van der Waals surface area contributed by atoms with Crippen molar-refractivity contribution in [1.82, 2.24) is 25.5 Å². The fourth-order valence-corrected chi connectivity index (χ4v) is 5.41. The van der Waals surface area contributed by atoms with Gasteiger partial charge in [-0.05, 0) is 42.9 Å². The molecule has 1 saturated heterocycles. The predicted octanol–water partition coefficient (Wildman–Crippen LogP) is 3.86. The van der Waals surface area contributed by atoms with Gasteiger partial charge in [-0.25, -0.2) is 22.2 Å². The van der Waals surface area contributed by atoms with Crippen LogP contribution in [0, 0.1) is 0 Å². The van der Waals surface area contributed by atoms with E-state index in [-0.39, 0.29) is 33.7 Å². The third kappa shape index (κ3) is 5.15. The number of anilines is 1. The summed E-state index contributed by atoms with van der Waals surface area (Å²) in [5.41, 5.74) is 1.08. The Balaban J connectivity index is 1.42. The summed E-state index contributed by atoms with van der Waals surface area (Å²) < 4.78 is 67.7. The van der Waals surface area contributed by atoms with E-state index >= 15 is 0 Å². The first-order chi connectivity index (χ1) is 17.7. The van der Waals surface area contributed by atoms with Crippen LogP contribution >= 0.6 is 11.6 Å². The van der Waals surface area contributed by atoms with Crippen LogP contribution in [-0.2, 0) is 10.0 Å². The maximum atomic E-state index is 14.3. The lowest BCUT2D eigenvalue weighted by molar-refractivity contribution is -0.109. The van der Waals surface area contributed by atoms with E-state index in [9.17, 15) is 17.2 Å². The minimum Gasteiger partial charge on any atom is -0.497 e. The number of hydrogen-bond acceptors (Lipinski definition) is 8. The fraction of sp³-hybridized carbons (Fsp3) is 0.261. The number of halogens is 3. The maximum Gasteiger partial charge on any atom is 0.296 e. The molecule has 2 aromatic carbocycles. The molecular weight excluding hydrogens is 530 g/mol. The van der Waals surface area contributed by atoms with Crippen molar-refractivity contribution >= 4 is 38.3 Å². The minimum absolute atomic E-state index is 0.0160. The van der Waals surface area contributed by atoms with Gasteiger partial charge in [0.2, 0.25) is 5.88 Å². The van der Waals surface area contributed by atoms with Crippen molar-refractivity contribution in [1.29, 1.82) is 0 Å². The number of aromatic amines is 1. The van der Waals surface area contributed by atoms with Crippen molar-refractivity contribution in [2.75, 3.05) is 24.9 Å². The van der Waals surface area contributed by atoms with Gasteiger partial charge in [-0.1, -0.05) is 11.6 Å². The average Bonchev–Trinajstić information content (AvgIpc) is 3.35. The van der Waals surface area contributed by atoms with Gasteiger partial charge in [0, 0.05) is 23.7 Å². The second-order valence-corrected chi connectivity index (χ2v) is 10.4. The molecule has 1 aliphatic rings. The monoisotopic (exact) mass is 550 g/mol. The quantitative estimate of drug-likeness (QED) is 0.316. The van der Waals surface area contributed by atoms with Crippen LogP contribution in [0.4, 0.5) is 14.5 Å². The van der Waals surface area contributed by atoms with Gasteiger partial charge in [0.05, 0.1) is 24.9 Å². The Labute approximate surface area is 215 Å². The molecule has 37 heavy (non-hydrogen) atoms. The number of alkyl halides is 2. The standard InChI is InChI=1S/C23H21ClF2N6O4S/c1-35-15-6-7-17(24)18(10-15)37(33,34)32-14-4-2-13(3-5-14)20-29-21-16(11-28-31-21)22(30-20)36-19-8-9-27-12-23(19,25)26/h2-7,10-11,19,27,32H,8-9,12H2,1H3,(H,28,29,30,31). The van der Waals surface area contributed by atoms with Gasteiger partial charge in [0.1, 0.15) is 16.0 Å². The van der Waals surface area contributed by atoms with Crippen LogP contribution < -0.4 is 19.5 Å². The van der Waals surface area contributed by atoms with Crippen molar-refractivity contribution in [3.05, 3.63) is 53.7 Å². The second kappa shape index (κ2) is 9.72. The number of H-pyrrole nitrogens is 1. The molecule has 10 nitrogen and oxygen atoms in total.